The van der Waals surface area contributed by atoms with Crippen molar-refractivity contribution in [2.24, 2.45) is 10.9 Å². The van der Waals surface area contributed by atoms with E-state index in [1.54, 1.807) is 7.05 Å². The number of carbonyl (C=O) groups excluding carboxylic acids is 1. The smallest absolute Gasteiger partial charge is 0.225 e. The summed E-state index contributed by atoms with van der Waals surface area (Å²) < 4.78 is 5.57. The molecule has 1 aromatic heterocycles. The molecule has 2 heterocycles. The van der Waals surface area contributed by atoms with Crippen LogP contribution in [0.5, 0.6) is 5.88 Å². The Kier molecular flexibility index (Phi) is 9.45. The average molecular weight is 515 g/mol. The van der Waals surface area contributed by atoms with E-state index in [0.717, 1.165) is 43.9 Å². The van der Waals surface area contributed by atoms with Crippen LogP contribution in [-0.4, -0.2) is 54.0 Å². The zero-order chi connectivity index (χ0) is 19.9. The van der Waals surface area contributed by atoms with Gasteiger partial charge in [0.1, 0.15) is 0 Å². The van der Waals surface area contributed by atoms with Crippen molar-refractivity contribution >= 4 is 35.8 Å². The van der Waals surface area contributed by atoms with E-state index in [1.807, 2.05) is 37.1 Å². The minimum absolute atomic E-state index is 0. The molecule has 0 radical (unpaired) electrons. The number of hydrogen-bond donors (Lipinski definition) is 2. The summed E-state index contributed by atoms with van der Waals surface area (Å²) in [6.45, 7) is 6.20. The van der Waals surface area contributed by atoms with Gasteiger partial charge >= 0.3 is 0 Å². The molecule has 1 saturated carbocycles. The lowest BCUT2D eigenvalue weighted by atomic mass is 10.1. The van der Waals surface area contributed by atoms with Gasteiger partial charge in [0.05, 0.1) is 6.10 Å². The van der Waals surface area contributed by atoms with Gasteiger partial charge in [0.25, 0.3) is 0 Å². The van der Waals surface area contributed by atoms with Gasteiger partial charge in [-0.25, -0.2) is 4.98 Å². The third-order valence-electron chi connectivity index (χ3n) is 5.38. The summed E-state index contributed by atoms with van der Waals surface area (Å²) >= 11 is 0. The summed E-state index contributed by atoms with van der Waals surface area (Å²) in [7, 11) is 1.77. The zero-order valence-corrected chi connectivity index (χ0v) is 20.0. The Bertz CT molecular complexity index is 674. The number of pyridine rings is 1. The van der Waals surface area contributed by atoms with E-state index >= 15 is 0 Å². The lowest BCUT2D eigenvalue weighted by Crippen LogP contribution is -2.45. The first kappa shape index (κ1) is 23.7. The van der Waals surface area contributed by atoms with Gasteiger partial charge in [0.15, 0.2) is 5.96 Å². The van der Waals surface area contributed by atoms with Gasteiger partial charge in [-0.3, -0.25) is 9.79 Å². The van der Waals surface area contributed by atoms with Gasteiger partial charge in [-0.15, -0.1) is 24.0 Å². The summed E-state index contributed by atoms with van der Waals surface area (Å²) in [5.41, 5.74) is 1.06. The van der Waals surface area contributed by atoms with Crippen LogP contribution in [0.1, 0.15) is 51.5 Å². The number of guanidine groups is 1. The Morgan fingerprint density at radius 1 is 1.31 bits per heavy atom. The Morgan fingerprint density at radius 2 is 2.07 bits per heavy atom. The summed E-state index contributed by atoms with van der Waals surface area (Å²) in [4.78, 5) is 23.3. The molecule has 1 aliphatic carbocycles. The Labute approximate surface area is 191 Å². The lowest BCUT2D eigenvalue weighted by molar-refractivity contribution is -0.134. The highest BCUT2D eigenvalue weighted by Crippen LogP contribution is 2.27. The third kappa shape index (κ3) is 7.01. The monoisotopic (exact) mass is 515 g/mol. The molecule has 2 aliphatic rings. The molecule has 0 aromatic carbocycles. The van der Waals surface area contributed by atoms with Crippen molar-refractivity contribution in [3.63, 3.8) is 0 Å². The van der Waals surface area contributed by atoms with Crippen LogP contribution >= 0.6 is 24.0 Å². The molecule has 7 nitrogen and oxygen atoms in total. The van der Waals surface area contributed by atoms with Crippen molar-refractivity contribution in [2.45, 2.75) is 64.6 Å². The van der Waals surface area contributed by atoms with E-state index in [1.165, 1.54) is 12.8 Å². The average Bonchev–Trinajstić information content (AvgIpc) is 3.37. The molecule has 0 bridgehead atoms. The van der Waals surface area contributed by atoms with Gasteiger partial charge in [0, 0.05) is 50.9 Å². The Balaban J connectivity index is 0.00000300. The third-order valence-corrected chi connectivity index (χ3v) is 5.38. The standard InChI is InChI=1S/C21H33N5O2.HI/c1-15(2)28-19-9-8-16(12-23-19)13-24-21(22-3)25-18-10-11-26(14-18)20(27)17-6-4-5-7-17;/h8-9,12,15,17-18H,4-7,10-11,13-14H2,1-3H3,(H2,22,24,25);1H. The molecule has 8 heteroatoms. The highest BCUT2D eigenvalue weighted by Gasteiger charge is 2.32. The number of aliphatic imine (C=N–C) groups is 1. The van der Waals surface area contributed by atoms with Gasteiger partial charge in [-0.2, -0.15) is 0 Å². The van der Waals surface area contributed by atoms with Crippen LogP contribution in [0.4, 0.5) is 0 Å². The van der Waals surface area contributed by atoms with E-state index in [-0.39, 0.29) is 42.0 Å². The van der Waals surface area contributed by atoms with Crippen LogP contribution in [-0.2, 0) is 11.3 Å². The number of carbonyl (C=O) groups is 1. The van der Waals surface area contributed by atoms with Crippen molar-refractivity contribution < 1.29 is 9.53 Å². The predicted octanol–water partition coefficient (Wildman–Crippen LogP) is 2.94. The van der Waals surface area contributed by atoms with Crippen molar-refractivity contribution in [1.82, 2.24) is 20.5 Å². The maximum atomic E-state index is 12.6. The quantitative estimate of drug-likeness (QED) is 0.346. The van der Waals surface area contributed by atoms with Crippen molar-refractivity contribution in [1.29, 1.82) is 0 Å². The van der Waals surface area contributed by atoms with E-state index in [2.05, 4.69) is 20.6 Å². The largest absolute Gasteiger partial charge is 0.475 e. The van der Waals surface area contributed by atoms with Gasteiger partial charge in [-0.1, -0.05) is 18.9 Å². The second kappa shape index (κ2) is 11.6. The number of likely N-dealkylation sites (tertiary alicyclic amines) is 1. The van der Waals surface area contributed by atoms with Gasteiger partial charge in [0.2, 0.25) is 11.8 Å². The molecule has 1 amide bonds. The minimum Gasteiger partial charge on any atom is -0.475 e. The molecule has 1 aromatic rings. The zero-order valence-electron chi connectivity index (χ0n) is 17.7. The highest BCUT2D eigenvalue weighted by atomic mass is 127. The summed E-state index contributed by atoms with van der Waals surface area (Å²) in [6, 6.07) is 4.13. The predicted molar refractivity (Wildman–Crippen MR) is 126 cm³/mol. The minimum atomic E-state index is 0. The number of halogens is 1. The summed E-state index contributed by atoms with van der Waals surface area (Å²) in [5, 5.41) is 6.78. The van der Waals surface area contributed by atoms with E-state index < -0.39 is 0 Å². The van der Waals surface area contributed by atoms with Crippen LogP contribution in [0.15, 0.2) is 23.3 Å². The van der Waals surface area contributed by atoms with Crippen LogP contribution in [0.25, 0.3) is 0 Å². The highest BCUT2D eigenvalue weighted by molar-refractivity contribution is 14.0. The fourth-order valence-corrected chi connectivity index (χ4v) is 3.91. The number of aromatic nitrogens is 1. The molecule has 1 atom stereocenters. The summed E-state index contributed by atoms with van der Waals surface area (Å²) in [6.07, 6.45) is 7.41. The number of rotatable bonds is 6. The first-order chi connectivity index (χ1) is 13.5. The SMILES string of the molecule is CN=C(NCc1ccc(OC(C)C)nc1)NC1CCN(C(=O)C2CCCC2)C1.I. The molecule has 1 saturated heterocycles. The van der Waals surface area contributed by atoms with Crippen LogP contribution in [0, 0.1) is 5.92 Å². The lowest BCUT2D eigenvalue weighted by Gasteiger charge is -2.21. The van der Waals surface area contributed by atoms with Crippen LogP contribution < -0.4 is 15.4 Å². The Morgan fingerprint density at radius 3 is 2.69 bits per heavy atom. The second-order valence-corrected chi connectivity index (χ2v) is 7.99. The second-order valence-electron chi connectivity index (χ2n) is 7.99. The molecule has 2 fully saturated rings. The van der Waals surface area contributed by atoms with Crippen LogP contribution in [0.2, 0.25) is 0 Å². The number of nitrogens with one attached hydrogen (secondary N) is 2. The van der Waals surface area contributed by atoms with E-state index in [9.17, 15) is 4.79 Å². The number of ether oxygens (including phenoxy) is 1. The molecular formula is C21H34IN5O2. The molecule has 3 rings (SSSR count). The maximum Gasteiger partial charge on any atom is 0.225 e. The molecule has 29 heavy (non-hydrogen) atoms. The van der Waals surface area contributed by atoms with E-state index in [0.29, 0.717) is 18.3 Å². The molecule has 0 spiro atoms. The number of amides is 1. The molecule has 2 N–H and O–H groups in total. The number of nitrogens with zero attached hydrogens (tertiary/aromatic N) is 3. The number of hydrogen-bond acceptors (Lipinski definition) is 4. The molecular weight excluding hydrogens is 481 g/mol. The fraction of sp³-hybridized carbons (Fsp3) is 0.667. The maximum absolute atomic E-state index is 12.6. The Hall–Kier alpha value is -1.58. The van der Waals surface area contributed by atoms with Gasteiger partial charge in [-0.05, 0) is 38.7 Å². The van der Waals surface area contributed by atoms with Crippen molar-refractivity contribution in [2.75, 3.05) is 20.1 Å². The van der Waals surface area contributed by atoms with Crippen LogP contribution in [0.3, 0.4) is 0 Å². The van der Waals surface area contributed by atoms with E-state index in [4.69, 9.17) is 4.74 Å². The topological polar surface area (TPSA) is 78.9 Å². The molecule has 1 aliphatic heterocycles. The van der Waals surface area contributed by atoms with Gasteiger partial charge < -0.3 is 20.3 Å². The molecule has 1 unspecified atom stereocenters. The summed E-state index contributed by atoms with van der Waals surface area (Å²) in [5.74, 6) is 1.99. The molecule has 162 valence electrons. The van der Waals surface area contributed by atoms with Crippen molar-refractivity contribution in [3.8, 4) is 5.88 Å². The van der Waals surface area contributed by atoms with Crippen molar-refractivity contribution in [3.05, 3.63) is 23.9 Å². The first-order valence-electron chi connectivity index (χ1n) is 10.4. The fourth-order valence-electron chi connectivity index (χ4n) is 3.91. The first-order valence-corrected chi connectivity index (χ1v) is 10.4. The normalized spacial score (nSPS) is 19.9.